The van der Waals surface area contributed by atoms with Crippen molar-refractivity contribution in [3.63, 3.8) is 0 Å². The molecule has 2 N–H and O–H groups in total. The van der Waals surface area contributed by atoms with Crippen molar-refractivity contribution >= 4 is 39.9 Å². The minimum Gasteiger partial charge on any atom is -0.347 e. The maximum absolute atomic E-state index is 12.3. The summed E-state index contributed by atoms with van der Waals surface area (Å²) in [6.45, 7) is 3.98. The maximum atomic E-state index is 12.3. The summed E-state index contributed by atoms with van der Waals surface area (Å²) in [5, 5.41) is 5.79. The average Bonchev–Trinajstić information content (AvgIpc) is 3.16. The number of nitrogens with one attached hydrogen (secondary N) is 2. The van der Waals surface area contributed by atoms with E-state index in [0.717, 1.165) is 16.3 Å². The lowest BCUT2D eigenvalue weighted by atomic mass is 10.1. The Bertz CT molecular complexity index is 815. The molecule has 1 aromatic heterocycles. The number of carbonyl (C=O) groups excluding carboxylic acids is 3. The van der Waals surface area contributed by atoms with E-state index in [-0.39, 0.29) is 30.7 Å². The Morgan fingerprint density at radius 3 is 2.65 bits per heavy atom. The van der Waals surface area contributed by atoms with E-state index in [4.69, 9.17) is 0 Å². The first-order valence-corrected chi connectivity index (χ1v) is 9.12. The number of benzene rings is 1. The molecular formula is C18H20N4O3S. The Kier molecular flexibility index (Phi) is 5.32. The number of anilines is 2. The fraction of sp³-hybridized carbons (Fsp3) is 0.333. The molecule has 2 aromatic rings. The van der Waals surface area contributed by atoms with Crippen molar-refractivity contribution in [2.24, 2.45) is 5.92 Å². The fourth-order valence-electron chi connectivity index (χ4n) is 2.74. The quantitative estimate of drug-likeness (QED) is 0.838. The first-order chi connectivity index (χ1) is 12.4. The molecule has 1 aliphatic rings. The Morgan fingerprint density at radius 2 is 2.00 bits per heavy atom. The van der Waals surface area contributed by atoms with Crippen LogP contribution < -0.4 is 15.5 Å². The van der Waals surface area contributed by atoms with Crippen LogP contribution in [0.1, 0.15) is 17.0 Å². The molecule has 7 nitrogen and oxygen atoms in total. The van der Waals surface area contributed by atoms with E-state index in [1.165, 1.54) is 11.3 Å². The van der Waals surface area contributed by atoms with Gasteiger partial charge in [-0.25, -0.2) is 4.98 Å². The predicted molar refractivity (Wildman–Crippen MR) is 100 cm³/mol. The summed E-state index contributed by atoms with van der Waals surface area (Å²) >= 11 is 1.39. The zero-order valence-electron chi connectivity index (χ0n) is 14.6. The second kappa shape index (κ2) is 7.65. The van der Waals surface area contributed by atoms with Gasteiger partial charge in [0, 0.05) is 23.5 Å². The van der Waals surface area contributed by atoms with Crippen LogP contribution in [0.25, 0.3) is 0 Å². The molecule has 3 amide bonds. The summed E-state index contributed by atoms with van der Waals surface area (Å²) in [4.78, 5) is 43.3. The Hall–Kier alpha value is -2.74. The lowest BCUT2D eigenvalue weighted by Gasteiger charge is -2.16. The molecule has 0 radical (unpaired) electrons. The average molecular weight is 372 g/mol. The molecule has 1 aliphatic heterocycles. The van der Waals surface area contributed by atoms with Crippen molar-refractivity contribution in [3.05, 3.63) is 40.9 Å². The predicted octanol–water partition coefficient (Wildman–Crippen LogP) is 1.87. The second-order valence-corrected chi connectivity index (χ2v) is 7.37. The highest BCUT2D eigenvalue weighted by Crippen LogP contribution is 2.25. The van der Waals surface area contributed by atoms with Gasteiger partial charge in [-0.15, -0.1) is 11.3 Å². The van der Waals surface area contributed by atoms with Crippen LogP contribution in [0.4, 0.5) is 10.8 Å². The number of aromatic nitrogens is 1. The number of hydrogen-bond acceptors (Lipinski definition) is 5. The normalized spacial score (nSPS) is 16.6. The molecule has 0 saturated carbocycles. The van der Waals surface area contributed by atoms with Crippen molar-refractivity contribution in [2.45, 2.75) is 20.3 Å². The number of para-hydroxylation sites is 1. The third-order valence-corrected chi connectivity index (χ3v) is 5.25. The second-order valence-electron chi connectivity index (χ2n) is 6.17. The summed E-state index contributed by atoms with van der Waals surface area (Å²) in [5.74, 6) is -1.18. The van der Waals surface area contributed by atoms with Crippen LogP contribution in [0.2, 0.25) is 0 Å². The summed E-state index contributed by atoms with van der Waals surface area (Å²) < 4.78 is 0. The monoisotopic (exact) mass is 372 g/mol. The molecule has 2 heterocycles. The van der Waals surface area contributed by atoms with E-state index < -0.39 is 5.92 Å². The van der Waals surface area contributed by atoms with E-state index in [2.05, 4.69) is 15.6 Å². The summed E-state index contributed by atoms with van der Waals surface area (Å²) in [6.07, 6.45) is 0.146. The van der Waals surface area contributed by atoms with Crippen LogP contribution in [0.5, 0.6) is 0 Å². The molecule has 136 valence electrons. The van der Waals surface area contributed by atoms with E-state index in [1.54, 1.807) is 4.90 Å². The van der Waals surface area contributed by atoms with E-state index in [9.17, 15) is 14.4 Å². The third-order valence-electron chi connectivity index (χ3n) is 4.26. The van der Waals surface area contributed by atoms with Crippen molar-refractivity contribution in [3.8, 4) is 0 Å². The number of aryl methyl sites for hydroxylation is 2. The molecule has 26 heavy (non-hydrogen) atoms. The Morgan fingerprint density at radius 1 is 1.27 bits per heavy atom. The summed E-state index contributed by atoms with van der Waals surface area (Å²) in [7, 11) is 0. The minimum absolute atomic E-state index is 0.0884. The molecular weight excluding hydrogens is 352 g/mol. The summed E-state index contributed by atoms with van der Waals surface area (Å²) in [6, 6.07) is 9.25. The molecule has 0 unspecified atom stereocenters. The molecule has 1 atom stereocenters. The molecule has 8 heteroatoms. The molecule has 0 bridgehead atoms. The lowest BCUT2D eigenvalue weighted by molar-refractivity contribution is -0.127. The van der Waals surface area contributed by atoms with Gasteiger partial charge in [0.15, 0.2) is 5.13 Å². The highest BCUT2D eigenvalue weighted by Gasteiger charge is 2.35. The van der Waals surface area contributed by atoms with Crippen LogP contribution in [0, 0.1) is 19.8 Å². The van der Waals surface area contributed by atoms with E-state index >= 15 is 0 Å². The van der Waals surface area contributed by atoms with Crippen molar-refractivity contribution in [1.29, 1.82) is 0 Å². The van der Waals surface area contributed by atoms with Gasteiger partial charge in [0.05, 0.1) is 18.2 Å². The molecule has 3 rings (SSSR count). The van der Waals surface area contributed by atoms with Gasteiger partial charge in [-0.3, -0.25) is 14.4 Å². The zero-order chi connectivity index (χ0) is 18.7. The van der Waals surface area contributed by atoms with Gasteiger partial charge in [-0.2, -0.15) is 0 Å². The number of carbonyl (C=O) groups is 3. The largest absolute Gasteiger partial charge is 0.347 e. The molecule has 1 saturated heterocycles. The number of hydrogen-bond donors (Lipinski definition) is 2. The van der Waals surface area contributed by atoms with Gasteiger partial charge >= 0.3 is 0 Å². The fourth-order valence-corrected chi connectivity index (χ4v) is 3.57. The van der Waals surface area contributed by atoms with Gasteiger partial charge in [0.2, 0.25) is 17.7 Å². The standard InChI is InChI=1S/C18H20N4O3S/c1-11-12(2)26-18(20-11)21-15(23)9-19-17(25)13-8-16(24)22(10-13)14-6-4-3-5-7-14/h3-7,13H,8-10H2,1-2H3,(H,19,25)(H,20,21,23)/t13-/m1/s1. The van der Waals surface area contributed by atoms with Crippen LogP contribution in [0.3, 0.4) is 0 Å². The maximum Gasteiger partial charge on any atom is 0.245 e. The summed E-state index contributed by atoms with van der Waals surface area (Å²) in [5.41, 5.74) is 1.65. The smallest absolute Gasteiger partial charge is 0.245 e. The van der Waals surface area contributed by atoms with Gasteiger partial charge in [0.25, 0.3) is 0 Å². The first kappa shape index (κ1) is 18.1. The highest BCUT2D eigenvalue weighted by molar-refractivity contribution is 7.15. The lowest BCUT2D eigenvalue weighted by Crippen LogP contribution is -2.37. The van der Waals surface area contributed by atoms with Gasteiger partial charge in [0.1, 0.15) is 0 Å². The SMILES string of the molecule is Cc1nc(NC(=O)CNC(=O)[C@@H]2CC(=O)N(c3ccccc3)C2)sc1C. The van der Waals surface area contributed by atoms with Gasteiger partial charge in [-0.05, 0) is 26.0 Å². The Balaban J connectivity index is 1.51. The zero-order valence-corrected chi connectivity index (χ0v) is 15.4. The molecule has 0 aliphatic carbocycles. The third kappa shape index (κ3) is 4.08. The van der Waals surface area contributed by atoms with Crippen molar-refractivity contribution in [2.75, 3.05) is 23.3 Å². The number of rotatable bonds is 5. The first-order valence-electron chi connectivity index (χ1n) is 8.31. The van der Waals surface area contributed by atoms with Crippen LogP contribution in [-0.2, 0) is 14.4 Å². The van der Waals surface area contributed by atoms with Gasteiger partial charge in [-0.1, -0.05) is 18.2 Å². The van der Waals surface area contributed by atoms with E-state index in [0.29, 0.717) is 11.7 Å². The topological polar surface area (TPSA) is 91.4 Å². The molecule has 0 spiro atoms. The molecule has 1 fully saturated rings. The van der Waals surface area contributed by atoms with E-state index in [1.807, 2.05) is 44.2 Å². The minimum atomic E-state index is -0.458. The number of thiazole rings is 1. The van der Waals surface area contributed by atoms with Crippen LogP contribution in [-0.4, -0.2) is 35.8 Å². The van der Waals surface area contributed by atoms with Crippen LogP contribution >= 0.6 is 11.3 Å². The number of amides is 3. The van der Waals surface area contributed by atoms with Crippen LogP contribution in [0.15, 0.2) is 30.3 Å². The Labute approximate surface area is 155 Å². The molecule has 1 aromatic carbocycles. The van der Waals surface area contributed by atoms with Crippen molar-refractivity contribution in [1.82, 2.24) is 10.3 Å². The highest BCUT2D eigenvalue weighted by atomic mass is 32.1. The van der Waals surface area contributed by atoms with Gasteiger partial charge < -0.3 is 15.5 Å². The van der Waals surface area contributed by atoms with Crippen molar-refractivity contribution < 1.29 is 14.4 Å². The number of nitrogens with zero attached hydrogens (tertiary/aromatic N) is 2.